The third-order valence-corrected chi connectivity index (χ3v) is 5.85. The molecular formula is C20H22N6O. The van der Waals surface area contributed by atoms with Crippen LogP contribution in [-0.2, 0) is 0 Å². The maximum Gasteiger partial charge on any atom is 0.254 e. The van der Waals surface area contributed by atoms with Crippen LogP contribution in [0.5, 0.6) is 0 Å². The van der Waals surface area contributed by atoms with Crippen molar-refractivity contribution in [3.63, 3.8) is 0 Å². The molecule has 2 aromatic heterocycles. The average Bonchev–Trinajstić information content (AvgIpc) is 3.27. The minimum Gasteiger partial charge on any atom is -0.399 e. The summed E-state index contributed by atoms with van der Waals surface area (Å²) >= 11 is 0. The quantitative estimate of drug-likeness (QED) is 0.683. The number of carbonyl (C=O) groups is 1. The topological polar surface area (TPSA) is 91.1 Å². The molecule has 1 saturated carbocycles. The van der Waals surface area contributed by atoms with Gasteiger partial charge in [0.25, 0.3) is 5.91 Å². The number of piperazine rings is 1. The van der Waals surface area contributed by atoms with Crippen molar-refractivity contribution in [2.24, 2.45) is 0 Å². The predicted octanol–water partition coefficient (Wildman–Crippen LogP) is 2.42. The summed E-state index contributed by atoms with van der Waals surface area (Å²) in [5, 5.41) is 1.03. The Morgan fingerprint density at radius 1 is 1.22 bits per heavy atom. The normalized spacial score (nSPS) is 21.0. The molecule has 1 saturated heterocycles. The summed E-state index contributed by atoms with van der Waals surface area (Å²) in [5.74, 6) is 1.04. The van der Waals surface area contributed by atoms with Crippen LogP contribution in [0, 0.1) is 0 Å². The van der Waals surface area contributed by atoms with Crippen LogP contribution in [-0.4, -0.2) is 50.4 Å². The molecule has 3 aromatic rings. The van der Waals surface area contributed by atoms with E-state index in [1.807, 2.05) is 24.4 Å². The van der Waals surface area contributed by atoms with Crippen LogP contribution in [0.4, 0.5) is 11.5 Å². The molecule has 0 bridgehead atoms. The van der Waals surface area contributed by atoms with E-state index in [9.17, 15) is 4.79 Å². The third-order valence-electron chi connectivity index (χ3n) is 5.85. The fourth-order valence-electron chi connectivity index (χ4n) is 4.14. The van der Waals surface area contributed by atoms with Crippen molar-refractivity contribution < 1.29 is 4.79 Å². The molecule has 1 aliphatic carbocycles. The fourth-order valence-corrected chi connectivity index (χ4v) is 4.14. The van der Waals surface area contributed by atoms with Crippen LogP contribution in [0.1, 0.15) is 30.1 Å². The van der Waals surface area contributed by atoms with Crippen molar-refractivity contribution >= 4 is 28.4 Å². The average molecular weight is 362 g/mol. The van der Waals surface area contributed by atoms with Gasteiger partial charge in [-0.25, -0.2) is 9.97 Å². The first kappa shape index (κ1) is 16.1. The number of aromatic amines is 1. The highest BCUT2D eigenvalue weighted by Crippen LogP contribution is 2.47. The molecule has 3 N–H and O–H groups in total. The van der Waals surface area contributed by atoms with E-state index in [4.69, 9.17) is 5.73 Å². The van der Waals surface area contributed by atoms with Gasteiger partial charge in [-0.3, -0.25) is 4.79 Å². The lowest BCUT2D eigenvalue weighted by Gasteiger charge is -2.46. The van der Waals surface area contributed by atoms with Crippen LogP contribution in [0.15, 0.2) is 42.9 Å². The summed E-state index contributed by atoms with van der Waals surface area (Å²) in [6, 6.07) is 9.40. The van der Waals surface area contributed by atoms with Crippen molar-refractivity contribution in [3.8, 4) is 0 Å². The van der Waals surface area contributed by atoms with Gasteiger partial charge in [0, 0.05) is 36.6 Å². The zero-order chi connectivity index (χ0) is 18.6. The zero-order valence-electron chi connectivity index (χ0n) is 15.2. The zero-order valence-corrected chi connectivity index (χ0v) is 15.2. The monoisotopic (exact) mass is 362 g/mol. The van der Waals surface area contributed by atoms with Crippen LogP contribution in [0.2, 0.25) is 0 Å². The Balaban J connectivity index is 1.46. The SMILES string of the molecule is CC1CN(C(=O)c2ccc(N)cc2)C2(CC2)CN1c1ncnc2[nH]ccc12. The summed E-state index contributed by atoms with van der Waals surface area (Å²) in [4.78, 5) is 29.6. The number of fused-ring (bicyclic) bond motifs is 1. The number of nitrogens with two attached hydrogens (primary N) is 1. The maximum absolute atomic E-state index is 13.2. The van der Waals surface area contributed by atoms with Crippen molar-refractivity contribution in [2.75, 3.05) is 23.7 Å². The van der Waals surface area contributed by atoms with Crippen molar-refractivity contribution in [2.45, 2.75) is 31.3 Å². The summed E-state index contributed by atoms with van der Waals surface area (Å²) in [6.45, 7) is 3.63. The highest BCUT2D eigenvalue weighted by atomic mass is 16.2. The van der Waals surface area contributed by atoms with Crippen LogP contribution < -0.4 is 10.6 Å². The number of aromatic nitrogens is 3. The maximum atomic E-state index is 13.2. The Bertz CT molecular complexity index is 1010. The van der Waals surface area contributed by atoms with Gasteiger partial charge in [-0.05, 0) is 50.1 Å². The lowest BCUT2D eigenvalue weighted by Crippen LogP contribution is -2.61. The third kappa shape index (κ3) is 2.53. The first-order valence-corrected chi connectivity index (χ1v) is 9.30. The standard InChI is InChI=1S/C20H22N6O/c1-13-10-26(19(27)14-2-4-15(21)5-3-14)20(7-8-20)11-25(13)18-16-6-9-22-17(16)23-12-24-18/h2-6,9,12-13H,7-8,10-11,21H2,1H3,(H,22,23,24). The number of benzene rings is 1. The molecule has 1 unspecified atom stereocenters. The van der Waals surface area contributed by atoms with Gasteiger partial charge < -0.3 is 20.5 Å². The van der Waals surface area contributed by atoms with Crippen LogP contribution >= 0.6 is 0 Å². The minimum absolute atomic E-state index is 0.0912. The Hall–Kier alpha value is -3.09. The molecule has 5 rings (SSSR count). The van der Waals surface area contributed by atoms with Gasteiger partial charge in [-0.1, -0.05) is 0 Å². The molecule has 7 heteroatoms. The lowest BCUT2D eigenvalue weighted by atomic mass is 10.0. The van der Waals surface area contributed by atoms with Crippen molar-refractivity contribution in [3.05, 3.63) is 48.4 Å². The second-order valence-electron chi connectivity index (χ2n) is 7.68. The van der Waals surface area contributed by atoms with Crippen molar-refractivity contribution in [1.82, 2.24) is 19.9 Å². The van der Waals surface area contributed by atoms with E-state index >= 15 is 0 Å². The number of nitrogens with one attached hydrogen (secondary N) is 1. The largest absolute Gasteiger partial charge is 0.399 e. The van der Waals surface area contributed by atoms with Gasteiger partial charge in [-0.2, -0.15) is 0 Å². The molecule has 3 heterocycles. The number of nitrogen functional groups attached to an aromatic ring is 1. The predicted molar refractivity (Wildman–Crippen MR) is 105 cm³/mol. The number of H-pyrrole nitrogens is 1. The molecule has 1 atom stereocenters. The number of hydrogen-bond acceptors (Lipinski definition) is 5. The molecule has 1 spiro atoms. The van der Waals surface area contributed by atoms with E-state index in [0.717, 1.165) is 36.2 Å². The molecule has 2 fully saturated rings. The molecule has 1 aromatic carbocycles. The van der Waals surface area contributed by atoms with E-state index in [0.29, 0.717) is 17.8 Å². The van der Waals surface area contributed by atoms with Gasteiger partial charge >= 0.3 is 0 Å². The molecule has 1 aliphatic heterocycles. The lowest BCUT2D eigenvalue weighted by molar-refractivity contribution is 0.0588. The molecule has 138 valence electrons. The highest BCUT2D eigenvalue weighted by Gasteiger charge is 2.55. The van der Waals surface area contributed by atoms with E-state index in [1.165, 1.54) is 0 Å². The van der Waals surface area contributed by atoms with E-state index in [-0.39, 0.29) is 17.5 Å². The number of carbonyl (C=O) groups excluding carboxylic acids is 1. The Morgan fingerprint density at radius 3 is 2.74 bits per heavy atom. The second-order valence-corrected chi connectivity index (χ2v) is 7.68. The summed E-state index contributed by atoms with van der Waals surface area (Å²) in [6.07, 6.45) is 5.55. The molecule has 1 amide bonds. The Morgan fingerprint density at radius 2 is 2.00 bits per heavy atom. The number of amides is 1. The Kier molecular flexibility index (Phi) is 3.40. The minimum atomic E-state index is -0.0987. The van der Waals surface area contributed by atoms with Crippen LogP contribution in [0.25, 0.3) is 11.0 Å². The molecule has 2 aliphatic rings. The van der Waals surface area contributed by atoms with Gasteiger partial charge in [0.1, 0.15) is 17.8 Å². The Labute approximate surface area is 157 Å². The van der Waals surface area contributed by atoms with Gasteiger partial charge in [0.05, 0.1) is 10.9 Å². The summed E-state index contributed by atoms with van der Waals surface area (Å²) in [7, 11) is 0. The first-order chi connectivity index (χ1) is 13.1. The molecule has 7 nitrogen and oxygen atoms in total. The van der Waals surface area contributed by atoms with Gasteiger partial charge in [0.15, 0.2) is 0 Å². The fraction of sp³-hybridized carbons (Fsp3) is 0.350. The molecule has 0 radical (unpaired) electrons. The number of anilines is 2. The molecule has 27 heavy (non-hydrogen) atoms. The number of hydrogen-bond donors (Lipinski definition) is 2. The number of nitrogens with zero attached hydrogens (tertiary/aromatic N) is 4. The van der Waals surface area contributed by atoms with Crippen LogP contribution in [0.3, 0.4) is 0 Å². The first-order valence-electron chi connectivity index (χ1n) is 9.30. The van der Waals surface area contributed by atoms with E-state index in [2.05, 4.69) is 31.7 Å². The van der Waals surface area contributed by atoms with Crippen molar-refractivity contribution in [1.29, 1.82) is 0 Å². The summed E-state index contributed by atoms with van der Waals surface area (Å²) in [5.41, 5.74) is 7.88. The number of rotatable bonds is 2. The second kappa shape index (κ2) is 5.70. The smallest absolute Gasteiger partial charge is 0.254 e. The highest BCUT2D eigenvalue weighted by molar-refractivity contribution is 5.96. The summed E-state index contributed by atoms with van der Waals surface area (Å²) < 4.78 is 0. The van der Waals surface area contributed by atoms with Gasteiger partial charge in [0.2, 0.25) is 0 Å². The van der Waals surface area contributed by atoms with E-state index < -0.39 is 0 Å². The molecular weight excluding hydrogens is 340 g/mol. The van der Waals surface area contributed by atoms with E-state index in [1.54, 1.807) is 18.5 Å². The van der Waals surface area contributed by atoms with Gasteiger partial charge in [-0.15, -0.1) is 0 Å².